The number of nitrogens with one attached hydrogen (secondary N) is 2. The van der Waals surface area contributed by atoms with Crippen LogP contribution in [-0.2, 0) is 17.8 Å². The highest BCUT2D eigenvalue weighted by molar-refractivity contribution is 5.96. The molecule has 2 N–H and O–H groups in total. The minimum Gasteiger partial charge on any atom is -0.459 e. The van der Waals surface area contributed by atoms with Crippen LogP contribution in [0, 0.1) is 0 Å². The fourth-order valence-corrected chi connectivity index (χ4v) is 3.78. The number of furan rings is 1. The smallest absolute Gasteiger partial charge is 0.290 e. The van der Waals surface area contributed by atoms with Gasteiger partial charge in [-0.1, -0.05) is 24.3 Å². The fraction of sp³-hybridized carbons (Fsp3) is 0.400. The molecule has 1 aromatic heterocycles. The molecule has 2 aliphatic rings. The first-order chi connectivity index (χ1) is 12.7. The topological polar surface area (TPSA) is 74.6 Å². The van der Waals surface area contributed by atoms with Crippen molar-refractivity contribution in [1.29, 1.82) is 0 Å². The molecule has 6 heteroatoms. The monoisotopic (exact) mass is 353 g/mol. The number of hydrogen-bond donors (Lipinski definition) is 2. The third-order valence-corrected chi connectivity index (χ3v) is 5.19. The van der Waals surface area contributed by atoms with Crippen LogP contribution in [-0.4, -0.2) is 41.9 Å². The van der Waals surface area contributed by atoms with Crippen molar-refractivity contribution in [2.24, 2.45) is 0 Å². The Morgan fingerprint density at radius 2 is 2.00 bits per heavy atom. The highest BCUT2D eigenvalue weighted by Gasteiger charge is 2.36. The van der Waals surface area contributed by atoms with Gasteiger partial charge in [0.05, 0.1) is 6.26 Å². The summed E-state index contributed by atoms with van der Waals surface area (Å²) < 4.78 is 5.28. The van der Waals surface area contributed by atoms with Crippen molar-refractivity contribution in [3.05, 3.63) is 59.5 Å². The molecule has 3 heterocycles. The summed E-state index contributed by atoms with van der Waals surface area (Å²) in [5, 5.41) is 6.43. The van der Waals surface area contributed by atoms with E-state index < -0.39 is 6.04 Å². The molecule has 0 saturated carbocycles. The lowest BCUT2D eigenvalue weighted by molar-refractivity contribution is -0.127. The van der Waals surface area contributed by atoms with Crippen LogP contribution in [0.3, 0.4) is 0 Å². The molecule has 26 heavy (non-hydrogen) atoms. The third-order valence-electron chi connectivity index (χ3n) is 5.19. The van der Waals surface area contributed by atoms with Crippen LogP contribution in [0.5, 0.6) is 0 Å². The Morgan fingerprint density at radius 1 is 1.15 bits per heavy atom. The number of carbonyl (C=O) groups excluding carboxylic acids is 2. The Kier molecular flexibility index (Phi) is 4.75. The highest BCUT2D eigenvalue weighted by atomic mass is 16.3. The van der Waals surface area contributed by atoms with E-state index in [0.29, 0.717) is 13.0 Å². The number of benzene rings is 1. The van der Waals surface area contributed by atoms with Gasteiger partial charge in [-0.2, -0.15) is 0 Å². The number of piperidine rings is 1. The van der Waals surface area contributed by atoms with Crippen LogP contribution in [0.1, 0.15) is 34.5 Å². The van der Waals surface area contributed by atoms with Gasteiger partial charge in [-0.15, -0.1) is 0 Å². The largest absolute Gasteiger partial charge is 0.459 e. The van der Waals surface area contributed by atoms with Crippen molar-refractivity contribution < 1.29 is 14.0 Å². The van der Waals surface area contributed by atoms with Crippen molar-refractivity contribution in [1.82, 2.24) is 15.5 Å². The van der Waals surface area contributed by atoms with Crippen molar-refractivity contribution in [3.8, 4) is 0 Å². The van der Waals surface area contributed by atoms with Gasteiger partial charge in [0.25, 0.3) is 5.91 Å². The molecular weight excluding hydrogens is 330 g/mol. The predicted molar refractivity (Wildman–Crippen MR) is 96.5 cm³/mol. The molecule has 2 aromatic rings. The second-order valence-corrected chi connectivity index (χ2v) is 6.95. The Balaban J connectivity index is 1.58. The molecule has 2 unspecified atom stereocenters. The summed E-state index contributed by atoms with van der Waals surface area (Å²) in [7, 11) is 0. The molecule has 4 rings (SSSR count). The van der Waals surface area contributed by atoms with Crippen molar-refractivity contribution in [2.45, 2.75) is 37.9 Å². The standard InChI is InChI=1S/C20H23N3O3/c24-19(22-16-7-3-9-21-12-16)17-11-14-5-1-2-6-15(14)13-23(17)20(25)18-8-4-10-26-18/h1-2,4-6,8,10,16-17,21H,3,7,9,11-13H2,(H,22,24). The Labute approximate surface area is 152 Å². The number of fused-ring (bicyclic) bond motifs is 1. The average molecular weight is 353 g/mol. The van der Waals surface area contributed by atoms with Crippen LogP contribution in [0.25, 0.3) is 0 Å². The van der Waals surface area contributed by atoms with Gasteiger partial charge in [0.1, 0.15) is 6.04 Å². The van der Waals surface area contributed by atoms with Gasteiger partial charge >= 0.3 is 0 Å². The summed E-state index contributed by atoms with van der Waals surface area (Å²) in [6.07, 6.45) is 4.02. The number of rotatable bonds is 3. The maximum absolute atomic E-state index is 13.0. The number of nitrogens with zero attached hydrogens (tertiary/aromatic N) is 1. The Morgan fingerprint density at radius 3 is 2.73 bits per heavy atom. The van der Waals surface area contributed by atoms with E-state index >= 15 is 0 Å². The van der Waals surface area contributed by atoms with Gasteiger partial charge in [-0.05, 0) is 42.6 Å². The molecular formula is C20H23N3O3. The predicted octanol–water partition coefficient (Wildman–Crippen LogP) is 1.71. The molecule has 0 spiro atoms. The van der Waals surface area contributed by atoms with Gasteiger partial charge in [0, 0.05) is 25.6 Å². The van der Waals surface area contributed by atoms with Crippen molar-refractivity contribution >= 4 is 11.8 Å². The van der Waals surface area contributed by atoms with Gasteiger partial charge < -0.3 is 20.0 Å². The molecule has 2 amide bonds. The maximum atomic E-state index is 13.0. The third kappa shape index (κ3) is 3.37. The summed E-state index contributed by atoms with van der Waals surface area (Å²) in [6, 6.07) is 10.9. The average Bonchev–Trinajstić information content (AvgIpc) is 3.22. The molecule has 1 fully saturated rings. The van der Waals surface area contributed by atoms with Gasteiger partial charge in [0.15, 0.2) is 5.76 Å². The zero-order valence-electron chi connectivity index (χ0n) is 14.6. The van der Waals surface area contributed by atoms with E-state index in [2.05, 4.69) is 10.6 Å². The molecule has 2 atom stereocenters. The normalized spacial score (nSPS) is 22.5. The first-order valence-electron chi connectivity index (χ1n) is 9.15. The fourth-order valence-electron chi connectivity index (χ4n) is 3.78. The number of carbonyl (C=O) groups is 2. The Bertz CT molecular complexity index is 781. The zero-order chi connectivity index (χ0) is 17.9. The summed E-state index contributed by atoms with van der Waals surface area (Å²) in [6.45, 7) is 2.18. The molecule has 1 aromatic carbocycles. The van der Waals surface area contributed by atoms with E-state index in [1.807, 2.05) is 24.3 Å². The first kappa shape index (κ1) is 16.8. The van der Waals surface area contributed by atoms with E-state index in [9.17, 15) is 9.59 Å². The van der Waals surface area contributed by atoms with Crippen LogP contribution in [0.15, 0.2) is 47.1 Å². The van der Waals surface area contributed by atoms with E-state index in [1.54, 1.807) is 17.0 Å². The molecule has 0 bridgehead atoms. The van der Waals surface area contributed by atoms with E-state index in [1.165, 1.54) is 6.26 Å². The molecule has 136 valence electrons. The minimum absolute atomic E-state index is 0.0897. The van der Waals surface area contributed by atoms with E-state index in [4.69, 9.17) is 4.42 Å². The first-order valence-corrected chi connectivity index (χ1v) is 9.15. The molecule has 0 radical (unpaired) electrons. The van der Waals surface area contributed by atoms with E-state index in [-0.39, 0.29) is 23.6 Å². The lowest BCUT2D eigenvalue weighted by atomic mass is 9.92. The van der Waals surface area contributed by atoms with E-state index in [0.717, 1.165) is 37.1 Å². The molecule has 2 aliphatic heterocycles. The van der Waals surface area contributed by atoms with Gasteiger partial charge in [-0.3, -0.25) is 9.59 Å². The van der Waals surface area contributed by atoms with Gasteiger partial charge in [-0.25, -0.2) is 0 Å². The van der Waals surface area contributed by atoms with Crippen LogP contribution in [0.4, 0.5) is 0 Å². The lowest BCUT2D eigenvalue weighted by Crippen LogP contribution is -2.56. The van der Waals surface area contributed by atoms with Crippen molar-refractivity contribution in [2.75, 3.05) is 13.1 Å². The zero-order valence-corrected chi connectivity index (χ0v) is 14.6. The van der Waals surface area contributed by atoms with Gasteiger partial charge in [0.2, 0.25) is 5.91 Å². The van der Waals surface area contributed by atoms with Crippen LogP contribution in [0.2, 0.25) is 0 Å². The Hall–Kier alpha value is -2.60. The van der Waals surface area contributed by atoms with Crippen LogP contribution >= 0.6 is 0 Å². The summed E-state index contributed by atoms with van der Waals surface area (Å²) in [5.41, 5.74) is 2.20. The highest BCUT2D eigenvalue weighted by Crippen LogP contribution is 2.25. The van der Waals surface area contributed by atoms with Crippen molar-refractivity contribution in [3.63, 3.8) is 0 Å². The summed E-state index contributed by atoms with van der Waals surface area (Å²) >= 11 is 0. The maximum Gasteiger partial charge on any atom is 0.290 e. The minimum atomic E-state index is -0.524. The SMILES string of the molecule is O=C(NC1CCCNC1)C1Cc2ccccc2CN1C(=O)c1ccco1. The lowest BCUT2D eigenvalue weighted by Gasteiger charge is -2.36. The second-order valence-electron chi connectivity index (χ2n) is 6.95. The summed E-state index contributed by atoms with van der Waals surface area (Å²) in [4.78, 5) is 27.5. The molecule has 0 aliphatic carbocycles. The quantitative estimate of drug-likeness (QED) is 0.881. The molecule has 1 saturated heterocycles. The molecule has 6 nitrogen and oxygen atoms in total. The van der Waals surface area contributed by atoms with Crippen LogP contribution < -0.4 is 10.6 Å². The number of amides is 2. The summed E-state index contributed by atoms with van der Waals surface area (Å²) in [5.74, 6) is -0.0685. The second kappa shape index (κ2) is 7.33. The number of hydrogen-bond acceptors (Lipinski definition) is 4.